The van der Waals surface area contributed by atoms with Crippen molar-refractivity contribution in [2.45, 2.75) is 18.2 Å². The van der Waals surface area contributed by atoms with Crippen LogP contribution in [0.25, 0.3) is 10.2 Å². The average Bonchev–Trinajstić information content (AvgIpc) is 3.16. The molecule has 3 rings (SSSR count). The summed E-state index contributed by atoms with van der Waals surface area (Å²) >= 11 is 7.23. The molecular formula is C22H27Cl2N3O4S2. The topological polar surface area (TPSA) is 79.8 Å². The van der Waals surface area contributed by atoms with Crippen LogP contribution in [0.1, 0.15) is 13.3 Å². The minimum Gasteiger partial charge on any atom is -0.494 e. The summed E-state index contributed by atoms with van der Waals surface area (Å²) in [6.45, 7) is 3.51. The molecule has 0 unspecified atom stereocenters. The van der Waals surface area contributed by atoms with Gasteiger partial charge in [0.15, 0.2) is 15.0 Å². The second-order valence-electron chi connectivity index (χ2n) is 7.43. The van der Waals surface area contributed by atoms with Crippen molar-refractivity contribution in [2.75, 3.05) is 44.4 Å². The molecule has 1 aromatic heterocycles. The molecule has 0 N–H and O–H groups in total. The number of sulfone groups is 1. The molecule has 0 aliphatic carbocycles. The number of rotatable bonds is 10. The molecule has 0 bridgehead atoms. The van der Waals surface area contributed by atoms with Crippen LogP contribution in [0.2, 0.25) is 5.02 Å². The molecule has 0 atom stereocenters. The number of fused-ring (bicyclic) bond motifs is 1. The Balaban J connectivity index is 0.00000385. The Kier molecular flexibility index (Phi) is 9.93. The highest BCUT2D eigenvalue weighted by Gasteiger charge is 2.23. The Bertz CT molecular complexity index is 1180. The number of amides is 1. The van der Waals surface area contributed by atoms with Gasteiger partial charge in [0.1, 0.15) is 5.75 Å². The number of ether oxygens (including phenoxy) is 1. The van der Waals surface area contributed by atoms with Gasteiger partial charge in [0.2, 0.25) is 5.91 Å². The van der Waals surface area contributed by atoms with E-state index in [1.807, 2.05) is 44.1 Å². The molecular weight excluding hydrogens is 505 g/mol. The standard InChI is InChI=1S/C22H26ClN3O4S2.ClH/c1-4-30-17-7-10-19-20(15-17)31-22(24-19)26(13-12-25(2)3)21(27)11-14-32(28,29)18-8-5-16(23)6-9-18;/h5-10,15H,4,11-14H2,1-3H3;1H. The van der Waals surface area contributed by atoms with E-state index in [9.17, 15) is 13.2 Å². The zero-order chi connectivity index (χ0) is 23.3. The number of hydrogen-bond donors (Lipinski definition) is 0. The first-order valence-electron chi connectivity index (χ1n) is 10.2. The van der Waals surface area contributed by atoms with E-state index < -0.39 is 9.84 Å². The molecule has 2 aromatic carbocycles. The number of anilines is 1. The van der Waals surface area contributed by atoms with Gasteiger partial charge in [-0.25, -0.2) is 13.4 Å². The van der Waals surface area contributed by atoms with E-state index in [4.69, 9.17) is 16.3 Å². The van der Waals surface area contributed by atoms with Crippen LogP contribution in [0.15, 0.2) is 47.4 Å². The summed E-state index contributed by atoms with van der Waals surface area (Å²) in [7, 11) is 0.228. The Hall–Kier alpha value is -1.91. The lowest BCUT2D eigenvalue weighted by molar-refractivity contribution is -0.118. The van der Waals surface area contributed by atoms with Crippen LogP contribution in [-0.2, 0) is 14.6 Å². The second kappa shape index (κ2) is 12.0. The summed E-state index contributed by atoms with van der Waals surface area (Å²) in [5.74, 6) is 0.176. The number of nitrogens with zero attached hydrogens (tertiary/aromatic N) is 3. The summed E-state index contributed by atoms with van der Waals surface area (Å²) < 4.78 is 31.8. The summed E-state index contributed by atoms with van der Waals surface area (Å²) in [5, 5.41) is 1.00. The molecule has 0 saturated carbocycles. The van der Waals surface area contributed by atoms with Crippen molar-refractivity contribution in [1.29, 1.82) is 0 Å². The maximum absolute atomic E-state index is 13.1. The summed E-state index contributed by atoms with van der Waals surface area (Å²) in [4.78, 5) is 21.4. The van der Waals surface area contributed by atoms with Crippen LogP contribution in [-0.4, -0.2) is 63.8 Å². The van der Waals surface area contributed by atoms with Crippen LogP contribution in [0.3, 0.4) is 0 Å². The zero-order valence-corrected chi connectivity index (χ0v) is 21.9. The molecule has 33 heavy (non-hydrogen) atoms. The predicted octanol–water partition coefficient (Wildman–Crippen LogP) is 4.53. The van der Waals surface area contributed by atoms with Crippen molar-refractivity contribution in [3.05, 3.63) is 47.5 Å². The lowest BCUT2D eigenvalue weighted by atomic mass is 10.3. The molecule has 1 heterocycles. The molecule has 1 amide bonds. The van der Waals surface area contributed by atoms with Gasteiger partial charge in [0, 0.05) is 24.5 Å². The molecule has 7 nitrogen and oxygen atoms in total. The molecule has 0 fully saturated rings. The minimum absolute atomic E-state index is 0. The summed E-state index contributed by atoms with van der Waals surface area (Å²) in [6.07, 6.45) is -0.140. The van der Waals surface area contributed by atoms with Crippen molar-refractivity contribution in [3.63, 3.8) is 0 Å². The molecule has 11 heteroatoms. The summed E-state index contributed by atoms with van der Waals surface area (Å²) in [6, 6.07) is 11.6. The van der Waals surface area contributed by atoms with Gasteiger partial charge in [-0.3, -0.25) is 9.69 Å². The highest BCUT2D eigenvalue weighted by atomic mass is 35.5. The predicted molar refractivity (Wildman–Crippen MR) is 137 cm³/mol. The minimum atomic E-state index is -3.61. The van der Waals surface area contributed by atoms with E-state index >= 15 is 0 Å². The molecule has 0 saturated heterocycles. The third kappa shape index (κ3) is 7.28. The first-order chi connectivity index (χ1) is 15.2. The van der Waals surface area contributed by atoms with Crippen molar-refractivity contribution >= 4 is 66.4 Å². The number of hydrogen-bond acceptors (Lipinski definition) is 7. The van der Waals surface area contributed by atoms with Gasteiger partial charge in [-0.05, 0) is 63.5 Å². The van der Waals surface area contributed by atoms with Crippen molar-refractivity contribution in [1.82, 2.24) is 9.88 Å². The van der Waals surface area contributed by atoms with E-state index in [1.54, 1.807) is 4.90 Å². The maximum atomic E-state index is 13.1. The second-order valence-corrected chi connectivity index (χ2v) is 11.0. The lowest BCUT2D eigenvalue weighted by Gasteiger charge is -2.22. The number of halogens is 2. The van der Waals surface area contributed by atoms with Crippen LogP contribution in [0.4, 0.5) is 5.13 Å². The van der Waals surface area contributed by atoms with E-state index in [-0.39, 0.29) is 35.4 Å². The van der Waals surface area contributed by atoms with Crippen LogP contribution in [0, 0.1) is 0 Å². The van der Waals surface area contributed by atoms with E-state index in [0.717, 1.165) is 16.0 Å². The third-order valence-electron chi connectivity index (χ3n) is 4.72. The summed E-state index contributed by atoms with van der Waals surface area (Å²) in [5.41, 5.74) is 0.768. The Labute approximate surface area is 209 Å². The molecule has 0 radical (unpaired) electrons. The van der Waals surface area contributed by atoms with Crippen molar-refractivity contribution in [2.24, 2.45) is 0 Å². The van der Waals surface area contributed by atoms with E-state index in [1.165, 1.54) is 35.6 Å². The number of thiazole rings is 1. The largest absolute Gasteiger partial charge is 0.494 e. The smallest absolute Gasteiger partial charge is 0.229 e. The molecule has 0 aliphatic heterocycles. The normalized spacial score (nSPS) is 11.4. The first kappa shape index (κ1) is 27.3. The third-order valence-corrected chi connectivity index (χ3v) is 7.74. The fourth-order valence-corrected chi connectivity index (χ4v) is 5.40. The van der Waals surface area contributed by atoms with Crippen LogP contribution >= 0.6 is 35.3 Å². The zero-order valence-electron chi connectivity index (χ0n) is 18.7. The van der Waals surface area contributed by atoms with Gasteiger partial charge < -0.3 is 9.64 Å². The number of aromatic nitrogens is 1. The quantitative estimate of drug-likeness (QED) is 0.382. The van der Waals surface area contributed by atoms with Gasteiger partial charge in [0.05, 0.1) is 27.5 Å². The Morgan fingerprint density at radius 3 is 2.45 bits per heavy atom. The highest BCUT2D eigenvalue weighted by molar-refractivity contribution is 7.91. The van der Waals surface area contributed by atoms with E-state index in [0.29, 0.717) is 29.9 Å². The monoisotopic (exact) mass is 531 g/mol. The Morgan fingerprint density at radius 2 is 1.82 bits per heavy atom. The van der Waals surface area contributed by atoms with Gasteiger partial charge in [-0.2, -0.15) is 0 Å². The number of likely N-dealkylation sites (N-methyl/N-ethyl adjacent to an activating group) is 1. The van der Waals surface area contributed by atoms with Gasteiger partial charge in [-0.1, -0.05) is 22.9 Å². The molecule has 3 aromatic rings. The highest BCUT2D eigenvalue weighted by Crippen LogP contribution is 2.32. The lowest BCUT2D eigenvalue weighted by Crippen LogP contribution is -2.37. The number of benzene rings is 2. The fraction of sp³-hybridized carbons (Fsp3) is 0.364. The molecule has 0 spiro atoms. The maximum Gasteiger partial charge on any atom is 0.229 e. The SMILES string of the molecule is CCOc1ccc2nc(N(CCN(C)C)C(=O)CCS(=O)(=O)c3ccc(Cl)cc3)sc2c1.Cl. The average molecular weight is 533 g/mol. The number of carbonyl (C=O) groups is 1. The van der Waals surface area contributed by atoms with Crippen LogP contribution < -0.4 is 9.64 Å². The number of carbonyl (C=O) groups excluding carboxylic acids is 1. The van der Waals surface area contributed by atoms with E-state index in [2.05, 4.69) is 4.98 Å². The van der Waals surface area contributed by atoms with Gasteiger partial charge in [-0.15, -0.1) is 12.4 Å². The Morgan fingerprint density at radius 1 is 1.12 bits per heavy atom. The van der Waals surface area contributed by atoms with Gasteiger partial charge >= 0.3 is 0 Å². The molecule has 180 valence electrons. The van der Waals surface area contributed by atoms with Gasteiger partial charge in [0.25, 0.3) is 0 Å². The van der Waals surface area contributed by atoms with Crippen LogP contribution in [0.5, 0.6) is 5.75 Å². The van der Waals surface area contributed by atoms with Crippen molar-refractivity contribution in [3.8, 4) is 5.75 Å². The first-order valence-corrected chi connectivity index (χ1v) is 13.0. The van der Waals surface area contributed by atoms with Crippen molar-refractivity contribution < 1.29 is 17.9 Å². The fourth-order valence-electron chi connectivity index (χ4n) is 3.01. The molecule has 0 aliphatic rings.